The Bertz CT molecular complexity index is 733. The van der Waals surface area contributed by atoms with E-state index in [-0.39, 0.29) is 0 Å². The van der Waals surface area contributed by atoms with Gasteiger partial charge in [0.05, 0.1) is 11.2 Å². The van der Waals surface area contributed by atoms with E-state index in [2.05, 4.69) is 10.1 Å². The van der Waals surface area contributed by atoms with Crippen molar-refractivity contribution >= 4 is 10.9 Å². The van der Waals surface area contributed by atoms with Crippen LogP contribution in [0, 0.1) is 6.92 Å². The second-order valence-electron chi connectivity index (χ2n) is 4.70. The van der Waals surface area contributed by atoms with E-state index in [1.165, 1.54) is 0 Å². The Morgan fingerprint density at radius 3 is 2.84 bits per heavy atom. The van der Waals surface area contributed by atoms with Gasteiger partial charge in [-0.1, -0.05) is 18.2 Å². The van der Waals surface area contributed by atoms with Crippen molar-refractivity contribution in [3.63, 3.8) is 0 Å². The fraction of sp³-hybridized carbons (Fsp3) is 0.200. The van der Waals surface area contributed by atoms with E-state index in [9.17, 15) is 5.11 Å². The van der Waals surface area contributed by atoms with Crippen molar-refractivity contribution in [3.05, 3.63) is 59.5 Å². The number of aliphatic hydroxyl groups excluding tert-OH is 1. The Labute approximate surface area is 111 Å². The van der Waals surface area contributed by atoms with Crippen molar-refractivity contribution in [1.82, 2.24) is 14.8 Å². The van der Waals surface area contributed by atoms with E-state index >= 15 is 0 Å². The van der Waals surface area contributed by atoms with Crippen molar-refractivity contribution in [2.45, 2.75) is 13.0 Å². The SMILES string of the molecule is Cc1nn(C)cc1C(O)c1ccc2cccnc2c1. The molecule has 3 aromatic rings. The first kappa shape index (κ1) is 11.9. The molecule has 0 saturated carbocycles. The molecule has 4 heteroatoms. The van der Waals surface area contributed by atoms with Crippen LogP contribution in [0.3, 0.4) is 0 Å². The summed E-state index contributed by atoms with van der Waals surface area (Å²) in [6.45, 7) is 1.90. The Morgan fingerprint density at radius 2 is 2.11 bits per heavy atom. The smallest absolute Gasteiger partial charge is 0.107 e. The van der Waals surface area contributed by atoms with Gasteiger partial charge in [-0.3, -0.25) is 9.67 Å². The molecule has 0 saturated heterocycles. The van der Waals surface area contributed by atoms with Crippen molar-refractivity contribution in [1.29, 1.82) is 0 Å². The molecule has 0 spiro atoms. The van der Waals surface area contributed by atoms with Crippen LogP contribution in [0.5, 0.6) is 0 Å². The molecule has 96 valence electrons. The Morgan fingerprint density at radius 1 is 1.26 bits per heavy atom. The van der Waals surface area contributed by atoms with Crippen LogP contribution < -0.4 is 0 Å². The zero-order valence-electron chi connectivity index (χ0n) is 10.9. The number of aryl methyl sites for hydroxylation is 2. The molecule has 0 aliphatic carbocycles. The number of rotatable bonds is 2. The summed E-state index contributed by atoms with van der Waals surface area (Å²) in [5, 5.41) is 15.8. The summed E-state index contributed by atoms with van der Waals surface area (Å²) >= 11 is 0. The highest BCUT2D eigenvalue weighted by Gasteiger charge is 2.16. The average molecular weight is 253 g/mol. The Hall–Kier alpha value is -2.20. The number of aliphatic hydroxyl groups is 1. The van der Waals surface area contributed by atoms with E-state index in [4.69, 9.17) is 0 Å². The summed E-state index contributed by atoms with van der Waals surface area (Å²) in [4.78, 5) is 4.31. The third-order valence-electron chi connectivity index (χ3n) is 3.29. The van der Waals surface area contributed by atoms with E-state index in [1.807, 2.05) is 50.5 Å². The third kappa shape index (κ3) is 2.11. The highest BCUT2D eigenvalue weighted by atomic mass is 16.3. The maximum Gasteiger partial charge on any atom is 0.107 e. The molecule has 1 aromatic carbocycles. The largest absolute Gasteiger partial charge is 0.384 e. The molecule has 2 aromatic heterocycles. The van der Waals surface area contributed by atoms with Crippen molar-refractivity contribution in [3.8, 4) is 0 Å². The normalized spacial score (nSPS) is 12.8. The number of aromatic nitrogens is 3. The number of hydrogen-bond acceptors (Lipinski definition) is 3. The molecule has 0 bridgehead atoms. The molecule has 1 unspecified atom stereocenters. The van der Waals surface area contributed by atoms with Crippen molar-refractivity contribution in [2.75, 3.05) is 0 Å². The minimum Gasteiger partial charge on any atom is -0.384 e. The van der Waals surface area contributed by atoms with Gasteiger partial charge in [-0.2, -0.15) is 5.10 Å². The average Bonchev–Trinajstić information content (AvgIpc) is 2.76. The fourth-order valence-electron chi connectivity index (χ4n) is 2.32. The van der Waals surface area contributed by atoms with Crippen LogP contribution in [0.25, 0.3) is 10.9 Å². The van der Waals surface area contributed by atoms with Gasteiger partial charge < -0.3 is 5.11 Å². The summed E-state index contributed by atoms with van der Waals surface area (Å²) in [7, 11) is 1.85. The van der Waals surface area contributed by atoms with Gasteiger partial charge in [0.2, 0.25) is 0 Å². The molecular formula is C15H15N3O. The highest BCUT2D eigenvalue weighted by Crippen LogP contribution is 2.26. The predicted molar refractivity (Wildman–Crippen MR) is 73.7 cm³/mol. The number of pyridine rings is 1. The molecular weight excluding hydrogens is 238 g/mol. The van der Waals surface area contributed by atoms with Crippen LogP contribution in [-0.4, -0.2) is 19.9 Å². The summed E-state index contributed by atoms with van der Waals surface area (Å²) < 4.78 is 1.72. The second kappa shape index (κ2) is 4.48. The van der Waals surface area contributed by atoms with Crippen LogP contribution in [0.15, 0.2) is 42.7 Å². The summed E-state index contributed by atoms with van der Waals surface area (Å²) in [5.41, 5.74) is 3.40. The van der Waals surface area contributed by atoms with Gasteiger partial charge in [-0.25, -0.2) is 0 Å². The number of benzene rings is 1. The van der Waals surface area contributed by atoms with Crippen molar-refractivity contribution in [2.24, 2.45) is 7.05 Å². The molecule has 0 aliphatic rings. The maximum atomic E-state index is 10.5. The molecule has 0 radical (unpaired) electrons. The number of hydrogen-bond donors (Lipinski definition) is 1. The predicted octanol–water partition coefficient (Wildman–Crippen LogP) is 2.36. The Kier molecular flexibility index (Phi) is 2.80. The maximum absolute atomic E-state index is 10.5. The lowest BCUT2D eigenvalue weighted by molar-refractivity contribution is 0.219. The summed E-state index contributed by atoms with van der Waals surface area (Å²) in [5.74, 6) is 0. The van der Waals surface area contributed by atoms with E-state index < -0.39 is 6.10 Å². The zero-order chi connectivity index (χ0) is 13.4. The molecule has 4 nitrogen and oxygen atoms in total. The molecule has 2 heterocycles. The number of fused-ring (bicyclic) bond motifs is 1. The second-order valence-corrected chi connectivity index (χ2v) is 4.70. The van der Waals surface area contributed by atoms with Gasteiger partial charge in [0.1, 0.15) is 6.10 Å². The minimum atomic E-state index is -0.667. The van der Waals surface area contributed by atoms with Crippen LogP contribution in [0.1, 0.15) is 22.9 Å². The molecule has 0 aliphatic heterocycles. The minimum absolute atomic E-state index is 0.667. The highest BCUT2D eigenvalue weighted by molar-refractivity contribution is 5.79. The van der Waals surface area contributed by atoms with Gasteiger partial charge in [-0.05, 0) is 24.6 Å². The van der Waals surface area contributed by atoms with Crippen LogP contribution in [-0.2, 0) is 7.05 Å². The molecule has 0 amide bonds. The van der Waals surface area contributed by atoms with E-state index in [1.54, 1.807) is 10.9 Å². The molecule has 19 heavy (non-hydrogen) atoms. The first-order valence-corrected chi connectivity index (χ1v) is 6.18. The topological polar surface area (TPSA) is 50.9 Å². The first-order valence-electron chi connectivity index (χ1n) is 6.18. The van der Waals surface area contributed by atoms with Gasteiger partial charge >= 0.3 is 0 Å². The third-order valence-corrected chi connectivity index (χ3v) is 3.29. The van der Waals surface area contributed by atoms with Crippen LogP contribution in [0.4, 0.5) is 0 Å². The van der Waals surface area contributed by atoms with Crippen LogP contribution >= 0.6 is 0 Å². The molecule has 1 N–H and O–H groups in total. The fourth-order valence-corrected chi connectivity index (χ4v) is 2.32. The van der Waals surface area contributed by atoms with Gasteiger partial charge in [-0.15, -0.1) is 0 Å². The van der Waals surface area contributed by atoms with Gasteiger partial charge in [0, 0.05) is 30.4 Å². The lowest BCUT2D eigenvalue weighted by Gasteiger charge is -2.10. The summed E-state index contributed by atoms with van der Waals surface area (Å²) in [6, 6.07) is 9.75. The van der Waals surface area contributed by atoms with Crippen LogP contribution in [0.2, 0.25) is 0 Å². The molecule has 1 atom stereocenters. The zero-order valence-corrected chi connectivity index (χ0v) is 10.9. The lowest BCUT2D eigenvalue weighted by atomic mass is 10.0. The number of nitrogens with zero attached hydrogens (tertiary/aromatic N) is 3. The van der Waals surface area contributed by atoms with Gasteiger partial charge in [0.15, 0.2) is 0 Å². The molecule has 3 rings (SSSR count). The van der Waals surface area contributed by atoms with Crippen molar-refractivity contribution < 1.29 is 5.11 Å². The standard InChI is InChI=1S/C15H15N3O/c1-10-13(9-18(2)17-10)15(19)12-6-5-11-4-3-7-16-14(11)8-12/h3-9,15,19H,1-2H3. The van der Waals surface area contributed by atoms with Gasteiger partial charge in [0.25, 0.3) is 0 Å². The quantitative estimate of drug-likeness (QED) is 0.762. The van der Waals surface area contributed by atoms with E-state index in [0.717, 1.165) is 27.7 Å². The first-order chi connectivity index (χ1) is 9.15. The molecule has 0 fully saturated rings. The Balaban J connectivity index is 2.06. The van der Waals surface area contributed by atoms with E-state index in [0.29, 0.717) is 0 Å². The summed E-state index contributed by atoms with van der Waals surface area (Å²) in [6.07, 6.45) is 2.94. The lowest BCUT2D eigenvalue weighted by Crippen LogP contribution is -2.00. The monoisotopic (exact) mass is 253 g/mol.